The molecule has 3 rings (SSSR count). The van der Waals surface area contributed by atoms with Gasteiger partial charge in [-0.3, -0.25) is 10.1 Å². The van der Waals surface area contributed by atoms with Gasteiger partial charge in [-0.1, -0.05) is 31.2 Å². The van der Waals surface area contributed by atoms with Crippen molar-refractivity contribution in [3.8, 4) is 23.3 Å². The van der Waals surface area contributed by atoms with E-state index in [1.54, 1.807) is 18.2 Å². The molecule has 0 saturated heterocycles. The normalized spacial score (nSPS) is 11.4. The van der Waals surface area contributed by atoms with Crippen LogP contribution in [0, 0.1) is 11.3 Å². The summed E-state index contributed by atoms with van der Waals surface area (Å²) in [5, 5.41) is 11.5. The molecule has 2 aromatic carbocycles. The van der Waals surface area contributed by atoms with Crippen LogP contribution in [0.5, 0.6) is 17.2 Å². The van der Waals surface area contributed by atoms with Crippen molar-refractivity contribution in [2.24, 2.45) is 0 Å². The van der Waals surface area contributed by atoms with E-state index in [2.05, 4.69) is 14.7 Å². The topological polar surface area (TPSA) is 140 Å². The third-order valence-electron chi connectivity index (χ3n) is 4.58. The highest BCUT2D eigenvalue weighted by Crippen LogP contribution is 2.29. The Balaban J connectivity index is 1.68. The van der Waals surface area contributed by atoms with Crippen LogP contribution in [0.3, 0.4) is 0 Å². The molecule has 0 bridgehead atoms. The van der Waals surface area contributed by atoms with Gasteiger partial charge in [-0.25, -0.2) is 8.42 Å². The Kier molecular flexibility index (Phi) is 9.38. The van der Waals surface area contributed by atoms with Crippen LogP contribution >= 0.6 is 11.5 Å². The second-order valence-electron chi connectivity index (χ2n) is 7.06. The number of ether oxygens (including phenoxy) is 3. The molecule has 0 aliphatic carbocycles. The van der Waals surface area contributed by atoms with E-state index in [0.29, 0.717) is 30.3 Å². The highest BCUT2D eigenvalue weighted by molar-refractivity contribution is 7.91. The summed E-state index contributed by atoms with van der Waals surface area (Å²) in [4.78, 5) is 16.4. The fraction of sp³-hybridized carbons (Fsp3) is 0.250. The van der Waals surface area contributed by atoms with Crippen LogP contribution in [-0.4, -0.2) is 49.3 Å². The third-order valence-corrected chi connectivity index (χ3v) is 6.83. The molecule has 1 heterocycles. The Morgan fingerprint density at radius 1 is 1.08 bits per heavy atom. The molecule has 3 aromatic rings. The molecule has 1 aromatic heterocycles. The lowest BCUT2D eigenvalue weighted by molar-refractivity contribution is -0.112. The number of carbonyl (C=O) groups is 1. The monoisotopic (exact) mass is 528 g/mol. The second kappa shape index (κ2) is 12.7. The maximum absolute atomic E-state index is 12.6. The number of aromatic nitrogens is 2. The van der Waals surface area contributed by atoms with Crippen LogP contribution in [0.25, 0.3) is 6.08 Å². The lowest BCUT2D eigenvalue weighted by atomic mass is 10.1. The van der Waals surface area contributed by atoms with E-state index < -0.39 is 15.7 Å². The van der Waals surface area contributed by atoms with Crippen molar-refractivity contribution in [1.29, 1.82) is 5.26 Å². The molecule has 10 nitrogen and oxygen atoms in total. The number of amides is 1. The van der Waals surface area contributed by atoms with Gasteiger partial charge in [0, 0.05) is 11.5 Å². The van der Waals surface area contributed by atoms with Gasteiger partial charge in [-0.15, -0.1) is 0 Å². The quantitative estimate of drug-likeness (QED) is 0.211. The highest BCUT2D eigenvalue weighted by atomic mass is 32.2. The summed E-state index contributed by atoms with van der Waals surface area (Å²) in [5.41, 5.74) is 0.321. The molecule has 0 radical (unpaired) electrons. The van der Waals surface area contributed by atoms with Gasteiger partial charge in [0.15, 0.2) is 11.5 Å². The van der Waals surface area contributed by atoms with Gasteiger partial charge >= 0.3 is 0 Å². The minimum absolute atomic E-state index is 0.0235. The van der Waals surface area contributed by atoms with E-state index >= 15 is 0 Å². The van der Waals surface area contributed by atoms with Crippen molar-refractivity contribution in [2.45, 2.75) is 19.0 Å². The zero-order valence-electron chi connectivity index (χ0n) is 19.6. The number of sulfone groups is 1. The van der Waals surface area contributed by atoms with Gasteiger partial charge in [-0.05, 0) is 42.8 Å². The van der Waals surface area contributed by atoms with Crippen molar-refractivity contribution in [3.05, 3.63) is 59.7 Å². The number of carbonyl (C=O) groups excluding carboxylic acids is 1. The van der Waals surface area contributed by atoms with Crippen molar-refractivity contribution in [3.63, 3.8) is 0 Å². The minimum atomic E-state index is -3.60. The van der Waals surface area contributed by atoms with Gasteiger partial charge in [0.2, 0.25) is 15.0 Å². The average Bonchev–Trinajstić information content (AvgIpc) is 3.36. The van der Waals surface area contributed by atoms with Crippen molar-refractivity contribution in [2.75, 3.05) is 30.9 Å². The first kappa shape index (κ1) is 26.7. The molecule has 188 valence electrons. The van der Waals surface area contributed by atoms with Crippen molar-refractivity contribution >= 4 is 38.5 Å². The molecule has 0 atom stereocenters. The summed E-state index contributed by atoms with van der Waals surface area (Å²) < 4.78 is 44.6. The van der Waals surface area contributed by atoms with Gasteiger partial charge in [-0.2, -0.15) is 14.6 Å². The van der Waals surface area contributed by atoms with Crippen LogP contribution in [0.1, 0.15) is 19.4 Å². The van der Waals surface area contributed by atoms with E-state index in [1.807, 2.05) is 43.3 Å². The van der Waals surface area contributed by atoms with E-state index in [9.17, 15) is 18.5 Å². The zero-order valence-corrected chi connectivity index (χ0v) is 21.3. The number of nitriles is 1. The first-order valence-electron chi connectivity index (χ1n) is 10.9. The van der Waals surface area contributed by atoms with Gasteiger partial charge in [0.25, 0.3) is 11.1 Å². The number of rotatable bonds is 12. The van der Waals surface area contributed by atoms with Gasteiger partial charge in [0.1, 0.15) is 30.6 Å². The molecule has 36 heavy (non-hydrogen) atoms. The summed E-state index contributed by atoms with van der Waals surface area (Å²) in [6.45, 7) is 4.30. The van der Waals surface area contributed by atoms with E-state index in [-0.39, 0.29) is 28.2 Å². The molecule has 0 spiro atoms. The SMILES string of the molecule is CCOc1cc(/C=C(/C#N)C(=O)Nc2nc(S(=O)(=O)CC)ns2)ccc1OCCOc1ccccc1. The predicted molar refractivity (Wildman–Crippen MR) is 135 cm³/mol. The van der Waals surface area contributed by atoms with E-state index in [4.69, 9.17) is 14.2 Å². The molecule has 1 amide bonds. The zero-order chi connectivity index (χ0) is 26.0. The Hall–Kier alpha value is -3.95. The Morgan fingerprint density at radius 3 is 2.53 bits per heavy atom. The average molecular weight is 529 g/mol. The lowest BCUT2D eigenvalue weighted by Gasteiger charge is -2.13. The number of nitrogens with one attached hydrogen (secondary N) is 1. The number of hydrogen-bond donors (Lipinski definition) is 1. The maximum atomic E-state index is 12.6. The standard InChI is InChI=1S/C24H24N4O6S2/c1-3-32-21-15-17(10-11-20(21)34-13-12-33-19-8-6-5-7-9-19)14-18(16-25)22(29)26-23-27-24(28-35-23)36(30,31)4-2/h5-11,14-15H,3-4,12-13H2,1-2H3,(H,26,27,28,29)/b18-14-. The molecule has 0 aliphatic heterocycles. The van der Waals surface area contributed by atoms with Crippen molar-refractivity contribution in [1.82, 2.24) is 9.36 Å². The van der Waals surface area contributed by atoms with E-state index in [0.717, 1.165) is 17.3 Å². The van der Waals surface area contributed by atoms with Crippen molar-refractivity contribution < 1.29 is 27.4 Å². The summed E-state index contributed by atoms with van der Waals surface area (Å²) in [6, 6.07) is 16.2. The first-order chi connectivity index (χ1) is 17.4. The summed E-state index contributed by atoms with van der Waals surface area (Å²) in [5.74, 6) is 0.771. The Morgan fingerprint density at radius 2 is 1.83 bits per heavy atom. The summed E-state index contributed by atoms with van der Waals surface area (Å²) in [7, 11) is -3.60. The van der Waals surface area contributed by atoms with Crippen LogP contribution in [0.15, 0.2) is 59.3 Å². The van der Waals surface area contributed by atoms with Crippen LogP contribution < -0.4 is 19.5 Å². The number of anilines is 1. The number of nitrogens with zero attached hydrogens (tertiary/aromatic N) is 3. The molecular weight excluding hydrogens is 504 g/mol. The molecule has 0 fully saturated rings. The van der Waals surface area contributed by atoms with Gasteiger partial charge < -0.3 is 14.2 Å². The highest BCUT2D eigenvalue weighted by Gasteiger charge is 2.20. The summed E-state index contributed by atoms with van der Waals surface area (Å²) in [6.07, 6.45) is 1.38. The molecule has 12 heteroatoms. The fourth-order valence-electron chi connectivity index (χ4n) is 2.83. The van der Waals surface area contributed by atoms with Gasteiger partial charge in [0.05, 0.1) is 12.4 Å². The first-order valence-corrected chi connectivity index (χ1v) is 13.4. The molecular formula is C24H24N4O6S2. The Bertz CT molecular complexity index is 1360. The minimum Gasteiger partial charge on any atom is -0.490 e. The molecule has 0 aliphatic rings. The van der Waals surface area contributed by atoms with Crippen LogP contribution in [0.4, 0.5) is 5.13 Å². The number of para-hydroxylation sites is 1. The Labute approximate surface area is 213 Å². The molecule has 1 N–H and O–H groups in total. The lowest BCUT2D eigenvalue weighted by Crippen LogP contribution is -2.14. The molecule has 0 unspecified atom stereocenters. The number of hydrogen-bond acceptors (Lipinski definition) is 10. The predicted octanol–water partition coefficient (Wildman–Crippen LogP) is 3.73. The fourth-order valence-corrected chi connectivity index (χ4v) is 4.41. The smallest absolute Gasteiger partial charge is 0.268 e. The van der Waals surface area contributed by atoms with Crippen LogP contribution in [-0.2, 0) is 14.6 Å². The largest absolute Gasteiger partial charge is 0.490 e. The third kappa shape index (κ3) is 7.27. The second-order valence-corrected chi connectivity index (χ2v) is 9.98. The summed E-state index contributed by atoms with van der Waals surface area (Å²) >= 11 is 0.718. The maximum Gasteiger partial charge on any atom is 0.268 e. The van der Waals surface area contributed by atoms with E-state index in [1.165, 1.54) is 13.0 Å². The molecule has 0 saturated carbocycles. The van der Waals surface area contributed by atoms with Crippen LogP contribution in [0.2, 0.25) is 0 Å². The number of benzene rings is 2.